The molecule has 0 aromatic carbocycles. The highest BCUT2D eigenvalue weighted by molar-refractivity contribution is 5.75. The number of carbonyl (C=O) groups is 2. The molecule has 0 unspecified atom stereocenters. The Morgan fingerprint density at radius 1 is 0.643 bits per heavy atom. The van der Waals surface area contributed by atoms with Gasteiger partial charge in [0.15, 0.2) is 0 Å². The van der Waals surface area contributed by atoms with Crippen molar-refractivity contribution in [3.63, 3.8) is 0 Å². The van der Waals surface area contributed by atoms with Crippen molar-refractivity contribution in [2.75, 3.05) is 13.2 Å². The van der Waals surface area contributed by atoms with Crippen LogP contribution in [0.3, 0.4) is 0 Å². The largest absolute Gasteiger partial charge is 0.465 e. The minimum Gasteiger partial charge on any atom is -0.465 e. The van der Waals surface area contributed by atoms with E-state index < -0.39 is 0 Å². The summed E-state index contributed by atoms with van der Waals surface area (Å²) in [5.41, 5.74) is 2.64. The van der Waals surface area contributed by atoms with Crippen molar-refractivity contribution in [3.05, 3.63) is 24.3 Å². The fourth-order valence-electron chi connectivity index (χ4n) is 4.71. The number of hydrogen-bond donors (Lipinski definition) is 0. The molecule has 3 saturated carbocycles. The number of hydrogen-bond acceptors (Lipinski definition) is 4. The van der Waals surface area contributed by atoms with Crippen LogP contribution in [0.1, 0.15) is 77.0 Å². The van der Waals surface area contributed by atoms with Crippen molar-refractivity contribution in [2.45, 2.75) is 77.0 Å². The van der Waals surface area contributed by atoms with Crippen LogP contribution in [0.2, 0.25) is 0 Å². The molecular formula is C24H36O4. The van der Waals surface area contributed by atoms with Crippen molar-refractivity contribution in [2.24, 2.45) is 23.7 Å². The topological polar surface area (TPSA) is 52.6 Å². The van der Waals surface area contributed by atoms with Crippen molar-refractivity contribution < 1.29 is 19.1 Å². The molecule has 28 heavy (non-hydrogen) atoms. The Kier molecular flexibility index (Phi) is 7.75. The fourth-order valence-corrected chi connectivity index (χ4v) is 4.71. The Labute approximate surface area is 169 Å². The molecule has 0 spiro atoms. The lowest BCUT2D eigenvalue weighted by molar-refractivity contribution is -0.156. The molecule has 0 amide bonds. The molecular weight excluding hydrogens is 352 g/mol. The van der Waals surface area contributed by atoms with Gasteiger partial charge in [-0.3, -0.25) is 9.59 Å². The van der Waals surface area contributed by atoms with E-state index in [4.69, 9.17) is 9.47 Å². The van der Waals surface area contributed by atoms with E-state index in [-0.39, 0.29) is 23.8 Å². The smallest absolute Gasteiger partial charge is 0.308 e. The molecule has 0 atom stereocenters. The van der Waals surface area contributed by atoms with Gasteiger partial charge in [-0.05, 0) is 88.9 Å². The highest BCUT2D eigenvalue weighted by atomic mass is 16.5. The third kappa shape index (κ3) is 6.22. The second-order valence-corrected chi connectivity index (χ2v) is 9.20. The zero-order chi connectivity index (χ0) is 19.9. The lowest BCUT2D eigenvalue weighted by Gasteiger charge is -2.28. The van der Waals surface area contributed by atoms with Crippen LogP contribution in [0, 0.1) is 23.7 Å². The summed E-state index contributed by atoms with van der Waals surface area (Å²) >= 11 is 0. The predicted molar refractivity (Wildman–Crippen MR) is 110 cm³/mol. The number of esters is 2. The average Bonchev–Trinajstić information content (AvgIpc) is 2.72. The van der Waals surface area contributed by atoms with Gasteiger partial charge in [0, 0.05) is 0 Å². The summed E-state index contributed by atoms with van der Waals surface area (Å²) in [5.74, 6) is 0.728. The second-order valence-electron chi connectivity index (χ2n) is 9.20. The van der Waals surface area contributed by atoms with Gasteiger partial charge in [0.2, 0.25) is 0 Å². The van der Waals surface area contributed by atoms with E-state index in [0.717, 1.165) is 77.0 Å². The third-order valence-electron chi connectivity index (χ3n) is 6.94. The van der Waals surface area contributed by atoms with Crippen molar-refractivity contribution in [1.29, 1.82) is 0 Å². The molecule has 0 aliphatic heterocycles. The van der Waals surface area contributed by atoms with E-state index >= 15 is 0 Å². The quantitative estimate of drug-likeness (QED) is 0.453. The first-order chi connectivity index (χ1) is 13.5. The van der Waals surface area contributed by atoms with Crippen LogP contribution >= 0.6 is 0 Å². The first-order valence-electron chi connectivity index (χ1n) is 11.2. The van der Waals surface area contributed by atoms with E-state index in [2.05, 4.69) is 13.2 Å². The lowest BCUT2D eigenvalue weighted by Crippen LogP contribution is -2.30. The Morgan fingerprint density at radius 2 is 0.964 bits per heavy atom. The molecule has 3 rings (SSSR count). The molecule has 3 fully saturated rings. The van der Waals surface area contributed by atoms with E-state index in [1.807, 2.05) is 0 Å². The van der Waals surface area contributed by atoms with Crippen LogP contribution in [-0.4, -0.2) is 25.2 Å². The molecule has 156 valence electrons. The molecule has 0 saturated heterocycles. The molecule has 3 aliphatic carbocycles. The predicted octanol–water partition coefficient (Wildman–Crippen LogP) is 5.37. The zero-order valence-electron chi connectivity index (χ0n) is 17.3. The molecule has 0 aromatic heterocycles. The van der Waals surface area contributed by atoms with E-state index in [9.17, 15) is 9.59 Å². The van der Waals surface area contributed by atoms with Gasteiger partial charge >= 0.3 is 11.9 Å². The number of rotatable bonds is 6. The van der Waals surface area contributed by atoms with Crippen LogP contribution in [0.4, 0.5) is 0 Å². The van der Waals surface area contributed by atoms with Crippen LogP contribution in [-0.2, 0) is 19.1 Å². The normalized spacial score (nSPS) is 27.4. The van der Waals surface area contributed by atoms with Gasteiger partial charge in [0.05, 0.1) is 25.0 Å². The Bertz CT molecular complexity index is 513. The molecule has 0 radical (unpaired) electrons. The summed E-state index contributed by atoms with van der Waals surface area (Å²) in [6, 6.07) is 0. The number of allylic oxidation sites excluding steroid dienone is 2. The Balaban J connectivity index is 1.31. The van der Waals surface area contributed by atoms with Gasteiger partial charge in [-0.25, -0.2) is 0 Å². The van der Waals surface area contributed by atoms with Crippen LogP contribution in [0.15, 0.2) is 24.3 Å². The third-order valence-corrected chi connectivity index (χ3v) is 6.94. The monoisotopic (exact) mass is 388 g/mol. The van der Waals surface area contributed by atoms with Crippen LogP contribution in [0.25, 0.3) is 0 Å². The van der Waals surface area contributed by atoms with E-state index in [1.54, 1.807) is 0 Å². The second kappa shape index (κ2) is 10.3. The molecule has 4 nitrogen and oxygen atoms in total. The van der Waals surface area contributed by atoms with E-state index in [0.29, 0.717) is 25.0 Å². The van der Waals surface area contributed by atoms with Gasteiger partial charge in [0.1, 0.15) is 0 Å². The standard InChI is InChI=1S/C24H36O4/c1-17-3-7-19(8-4-17)15-27-23(25)21-11-13-22(14-12-21)24(26)28-16-20-9-5-18(2)6-10-20/h19-22H,1-16H2. The van der Waals surface area contributed by atoms with Crippen molar-refractivity contribution in [1.82, 2.24) is 0 Å². The highest BCUT2D eigenvalue weighted by Gasteiger charge is 2.32. The summed E-state index contributed by atoms with van der Waals surface area (Å²) in [7, 11) is 0. The zero-order valence-corrected chi connectivity index (χ0v) is 17.3. The minimum absolute atomic E-state index is 0.0491. The van der Waals surface area contributed by atoms with Crippen LogP contribution < -0.4 is 0 Å². The maximum absolute atomic E-state index is 12.4. The molecule has 3 aliphatic rings. The summed E-state index contributed by atoms with van der Waals surface area (Å²) in [6.07, 6.45) is 11.5. The SMILES string of the molecule is C=C1CCC(COC(=O)C2CCC(C(=O)OCC3CCC(=C)CC3)CC2)CC1. The van der Waals surface area contributed by atoms with Crippen LogP contribution in [0.5, 0.6) is 0 Å². The number of ether oxygens (including phenoxy) is 2. The van der Waals surface area contributed by atoms with E-state index in [1.165, 1.54) is 11.1 Å². The average molecular weight is 389 g/mol. The summed E-state index contributed by atoms with van der Waals surface area (Å²) in [5, 5.41) is 0. The summed E-state index contributed by atoms with van der Waals surface area (Å²) < 4.78 is 11.2. The van der Waals surface area contributed by atoms with Gasteiger partial charge < -0.3 is 9.47 Å². The first-order valence-corrected chi connectivity index (χ1v) is 11.2. The Hall–Kier alpha value is -1.58. The van der Waals surface area contributed by atoms with Gasteiger partial charge in [-0.15, -0.1) is 0 Å². The van der Waals surface area contributed by atoms with Crippen molar-refractivity contribution >= 4 is 11.9 Å². The maximum Gasteiger partial charge on any atom is 0.308 e. The lowest BCUT2D eigenvalue weighted by atomic mass is 9.82. The molecule has 0 aromatic rings. The maximum atomic E-state index is 12.4. The fraction of sp³-hybridized carbons (Fsp3) is 0.750. The number of carbonyl (C=O) groups excluding carboxylic acids is 2. The summed E-state index contributed by atoms with van der Waals surface area (Å²) in [6.45, 7) is 9.15. The van der Waals surface area contributed by atoms with Gasteiger partial charge in [0.25, 0.3) is 0 Å². The molecule has 0 heterocycles. The van der Waals surface area contributed by atoms with Crippen molar-refractivity contribution in [3.8, 4) is 0 Å². The summed E-state index contributed by atoms with van der Waals surface area (Å²) in [4.78, 5) is 24.8. The Morgan fingerprint density at radius 3 is 1.29 bits per heavy atom. The molecule has 0 N–H and O–H groups in total. The van der Waals surface area contributed by atoms with Gasteiger partial charge in [-0.2, -0.15) is 0 Å². The van der Waals surface area contributed by atoms with Gasteiger partial charge in [-0.1, -0.05) is 24.3 Å². The highest BCUT2D eigenvalue weighted by Crippen LogP contribution is 2.33. The molecule has 0 bridgehead atoms. The molecule has 4 heteroatoms. The minimum atomic E-state index is -0.0707. The first kappa shape index (κ1) is 21.1.